The molecular formula is C27H25F2N3O5S. The van der Waals surface area contributed by atoms with Gasteiger partial charge in [0.1, 0.15) is 17.7 Å². The number of nitrogens with zero attached hydrogens (tertiary/aromatic N) is 3. The quantitative estimate of drug-likeness (QED) is 0.537. The molecule has 0 saturated carbocycles. The molecule has 0 bridgehead atoms. The number of ether oxygens (including phenoxy) is 1. The van der Waals surface area contributed by atoms with Crippen LogP contribution < -0.4 is 0 Å². The first-order valence-electron chi connectivity index (χ1n) is 12.3. The van der Waals surface area contributed by atoms with Crippen LogP contribution in [0.4, 0.5) is 13.6 Å². The monoisotopic (exact) mass is 541 g/mol. The standard InChI is InChI=1S/C27H25F2N3O5S/c28-20-3-1-4-21(29)19(20)16-32-26(35)23(38-27(32)36)15-17-6-8-18(9-7-17)24(33)30-10-12-31(13-11-30)25(34)22-5-2-14-37-22/h1,3-4,6-9,15,22H,2,5,10-14,16H2/b23-15-/t22-/m0/s1. The Morgan fingerprint density at radius 3 is 2.26 bits per heavy atom. The molecular weight excluding hydrogens is 516 g/mol. The van der Waals surface area contributed by atoms with Crippen molar-refractivity contribution in [1.29, 1.82) is 0 Å². The zero-order valence-electron chi connectivity index (χ0n) is 20.4. The number of benzene rings is 2. The molecule has 3 aliphatic heterocycles. The molecule has 5 rings (SSSR count). The second kappa shape index (κ2) is 11.0. The third-order valence-electron chi connectivity index (χ3n) is 6.79. The van der Waals surface area contributed by atoms with Crippen molar-refractivity contribution in [3.8, 4) is 0 Å². The van der Waals surface area contributed by atoms with Crippen molar-refractivity contribution in [2.24, 2.45) is 0 Å². The van der Waals surface area contributed by atoms with E-state index in [4.69, 9.17) is 4.74 Å². The van der Waals surface area contributed by atoms with Crippen LogP contribution in [-0.2, 0) is 20.9 Å². The third kappa shape index (κ3) is 5.34. The molecule has 0 radical (unpaired) electrons. The number of halogens is 2. The molecule has 0 unspecified atom stereocenters. The minimum absolute atomic E-state index is 0.0117. The van der Waals surface area contributed by atoms with Crippen molar-refractivity contribution in [3.63, 3.8) is 0 Å². The SMILES string of the molecule is O=C(c1ccc(/C=C2\SC(=O)N(Cc3c(F)cccc3F)C2=O)cc1)N1CCN(C(=O)[C@@H]2CCCO2)CC1. The number of carbonyl (C=O) groups is 4. The molecule has 1 atom stereocenters. The van der Waals surface area contributed by atoms with Crippen molar-refractivity contribution < 1.29 is 32.7 Å². The number of imide groups is 1. The summed E-state index contributed by atoms with van der Waals surface area (Å²) in [5.74, 6) is -2.47. The van der Waals surface area contributed by atoms with Crippen LogP contribution in [0.5, 0.6) is 0 Å². The van der Waals surface area contributed by atoms with Crippen molar-refractivity contribution in [3.05, 3.63) is 75.7 Å². The Kier molecular flexibility index (Phi) is 7.57. The number of hydrogen-bond acceptors (Lipinski definition) is 6. The predicted molar refractivity (Wildman–Crippen MR) is 136 cm³/mol. The maximum absolute atomic E-state index is 14.0. The number of amides is 4. The lowest BCUT2D eigenvalue weighted by atomic mass is 10.1. The Balaban J connectivity index is 1.20. The smallest absolute Gasteiger partial charge is 0.293 e. The maximum Gasteiger partial charge on any atom is 0.293 e. The van der Waals surface area contributed by atoms with E-state index in [2.05, 4.69) is 0 Å². The zero-order chi connectivity index (χ0) is 26.8. The van der Waals surface area contributed by atoms with Gasteiger partial charge in [0.05, 0.1) is 11.4 Å². The van der Waals surface area contributed by atoms with E-state index in [9.17, 15) is 28.0 Å². The molecule has 3 heterocycles. The second-order valence-electron chi connectivity index (χ2n) is 9.21. The lowest BCUT2D eigenvalue weighted by Gasteiger charge is -2.35. The summed E-state index contributed by atoms with van der Waals surface area (Å²) in [6, 6.07) is 9.95. The molecule has 198 valence electrons. The molecule has 0 N–H and O–H groups in total. The van der Waals surface area contributed by atoms with Gasteiger partial charge in [-0.15, -0.1) is 0 Å². The van der Waals surface area contributed by atoms with Crippen LogP contribution in [0.1, 0.15) is 34.3 Å². The lowest BCUT2D eigenvalue weighted by Crippen LogP contribution is -2.52. The normalized spacial score (nSPS) is 21.1. The summed E-state index contributed by atoms with van der Waals surface area (Å²) < 4.78 is 33.5. The average Bonchev–Trinajstić information content (AvgIpc) is 3.55. The van der Waals surface area contributed by atoms with Gasteiger partial charge in [-0.25, -0.2) is 8.78 Å². The van der Waals surface area contributed by atoms with Crippen LogP contribution in [0, 0.1) is 11.6 Å². The van der Waals surface area contributed by atoms with E-state index in [1.54, 1.807) is 34.1 Å². The van der Waals surface area contributed by atoms with E-state index < -0.39 is 29.3 Å². The Morgan fingerprint density at radius 1 is 0.974 bits per heavy atom. The van der Waals surface area contributed by atoms with E-state index in [0.717, 1.165) is 29.9 Å². The molecule has 38 heavy (non-hydrogen) atoms. The maximum atomic E-state index is 14.0. The predicted octanol–water partition coefficient (Wildman–Crippen LogP) is 3.66. The van der Waals surface area contributed by atoms with Gasteiger partial charge in [0.2, 0.25) is 0 Å². The molecule has 3 aliphatic rings. The fourth-order valence-corrected chi connectivity index (χ4v) is 5.48. The van der Waals surface area contributed by atoms with E-state index in [1.165, 1.54) is 12.1 Å². The van der Waals surface area contributed by atoms with Gasteiger partial charge >= 0.3 is 0 Å². The number of carbonyl (C=O) groups excluding carboxylic acids is 4. The van der Waals surface area contributed by atoms with Crippen molar-refractivity contribution in [2.45, 2.75) is 25.5 Å². The largest absolute Gasteiger partial charge is 0.368 e. The summed E-state index contributed by atoms with van der Waals surface area (Å²) in [6.07, 6.45) is 2.76. The first kappa shape index (κ1) is 26.1. The van der Waals surface area contributed by atoms with Gasteiger partial charge in [0.25, 0.3) is 23.0 Å². The summed E-state index contributed by atoms with van der Waals surface area (Å²) in [7, 11) is 0. The first-order chi connectivity index (χ1) is 18.3. The Bertz CT molecular complexity index is 1280. The topological polar surface area (TPSA) is 87.2 Å². The fraction of sp³-hybridized carbons (Fsp3) is 0.333. The first-order valence-corrected chi connectivity index (χ1v) is 13.1. The van der Waals surface area contributed by atoms with Crippen LogP contribution in [-0.4, -0.2) is 76.6 Å². The Labute approximate surface area is 222 Å². The third-order valence-corrected chi connectivity index (χ3v) is 7.70. The highest BCUT2D eigenvalue weighted by Gasteiger charge is 2.36. The van der Waals surface area contributed by atoms with Crippen molar-refractivity contribution in [1.82, 2.24) is 14.7 Å². The van der Waals surface area contributed by atoms with Gasteiger partial charge in [-0.05, 0) is 60.5 Å². The van der Waals surface area contributed by atoms with Gasteiger partial charge < -0.3 is 14.5 Å². The molecule has 2 aromatic rings. The molecule has 0 aromatic heterocycles. The van der Waals surface area contributed by atoms with Gasteiger partial charge in [-0.2, -0.15) is 0 Å². The van der Waals surface area contributed by atoms with Crippen molar-refractivity contribution >= 4 is 40.8 Å². The highest BCUT2D eigenvalue weighted by atomic mass is 32.2. The van der Waals surface area contributed by atoms with Crippen LogP contribution in [0.3, 0.4) is 0 Å². The van der Waals surface area contributed by atoms with Crippen LogP contribution in [0.25, 0.3) is 6.08 Å². The second-order valence-corrected chi connectivity index (χ2v) is 10.2. The number of rotatable bonds is 5. The fourth-order valence-electron chi connectivity index (χ4n) is 4.64. The molecule has 2 aromatic carbocycles. The molecule has 0 spiro atoms. The van der Waals surface area contributed by atoms with Gasteiger partial charge in [-0.1, -0.05) is 18.2 Å². The van der Waals surface area contributed by atoms with Crippen molar-refractivity contribution in [2.75, 3.05) is 32.8 Å². The summed E-state index contributed by atoms with van der Waals surface area (Å²) in [4.78, 5) is 55.0. The highest BCUT2D eigenvalue weighted by Crippen LogP contribution is 2.34. The van der Waals surface area contributed by atoms with E-state index in [0.29, 0.717) is 55.7 Å². The van der Waals surface area contributed by atoms with Gasteiger partial charge in [-0.3, -0.25) is 24.1 Å². The van der Waals surface area contributed by atoms with Gasteiger partial charge in [0, 0.05) is 43.9 Å². The minimum Gasteiger partial charge on any atom is -0.368 e. The van der Waals surface area contributed by atoms with Gasteiger partial charge in [0.15, 0.2) is 0 Å². The Morgan fingerprint density at radius 2 is 1.63 bits per heavy atom. The summed E-state index contributed by atoms with van der Waals surface area (Å²) in [5.41, 5.74) is 0.705. The molecule has 0 aliphatic carbocycles. The van der Waals surface area contributed by atoms with Crippen LogP contribution in [0.2, 0.25) is 0 Å². The molecule has 3 saturated heterocycles. The number of hydrogen-bond donors (Lipinski definition) is 0. The summed E-state index contributed by atoms with van der Waals surface area (Å²) >= 11 is 0.690. The Hall–Kier alpha value is -3.57. The van der Waals surface area contributed by atoms with E-state index in [-0.39, 0.29) is 28.4 Å². The molecule has 11 heteroatoms. The van der Waals surface area contributed by atoms with Crippen LogP contribution in [0.15, 0.2) is 47.4 Å². The molecule has 4 amide bonds. The minimum atomic E-state index is -0.830. The van der Waals surface area contributed by atoms with E-state index >= 15 is 0 Å². The highest BCUT2D eigenvalue weighted by molar-refractivity contribution is 8.18. The van der Waals surface area contributed by atoms with E-state index in [1.807, 2.05) is 0 Å². The summed E-state index contributed by atoms with van der Waals surface area (Å²) in [5, 5.41) is -0.618. The lowest BCUT2D eigenvalue weighted by molar-refractivity contribution is -0.142. The molecule has 3 fully saturated rings. The molecule has 8 nitrogen and oxygen atoms in total. The number of piperazine rings is 1. The number of thioether (sulfide) groups is 1. The van der Waals surface area contributed by atoms with Crippen LogP contribution >= 0.6 is 11.8 Å². The summed E-state index contributed by atoms with van der Waals surface area (Å²) in [6.45, 7) is 1.87. The zero-order valence-corrected chi connectivity index (χ0v) is 21.2. The average molecular weight is 542 g/mol.